The van der Waals surface area contributed by atoms with E-state index in [4.69, 9.17) is 5.73 Å². The molecule has 0 aliphatic heterocycles. The van der Waals surface area contributed by atoms with Gasteiger partial charge in [-0.2, -0.15) is 43.9 Å². The summed E-state index contributed by atoms with van der Waals surface area (Å²) in [5.74, 6) is -0.279. The van der Waals surface area contributed by atoms with Gasteiger partial charge in [-0.15, -0.1) is 0 Å². The highest BCUT2D eigenvalue weighted by Crippen LogP contribution is 2.56. The van der Waals surface area contributed by atoms with Crippen molar-refractivity contribution < 1.29 is 57.5 Å². The molecule has 2 rings (SSSR count). The third kappa shape index (κ3) is 8.07. The van der Waals surface area contributed by atoms with Gasteiger partial charge in [0.05, 0.1) is 0 Å². The predicted molar refractivity (Wildman–Crippen MR) is 145 cm³/mol. The monoisotopic (exact) mass is 807 g/mol. The zero-order valence-electron chi connectivity index (χ0n) is 22.0. The van der Waals surface area contributed by atoms with Crippen LogP contribution in [-0.2, 0) is 35.4 Å². The molecule has 2 N–H and O–H groups in total. The third-order valence-corrected chi connectivity index (χ3v) is 7.93. The second kappa shape index (κ2) is 13.5. The lowest BCUT2D eigenvalue weighted by Gasteiger charge is -2.32. The molecule has 244 valence electrons. The number of ketones is 1. The fraction of sp³-hybridized carbons (Fsp3) is 0.480. The maximum Gasteiger partial charge on any atom is 0.434 e. The predicted octanol–water partition coefficient (Wildman–Crippen LogP) is 10.9. The van der Waals surface area contributed by atoms with Crippen LogP contribution < -0.4 is 5.73 Å². The second-order valence-electron chi connectivity index (χ2n) is 9.02. The van der Waals surface area contributed by atoms with Crippen molar-refractivity contribution >= 4 is 66.5 Å². The molecule has 0 aliphatic rings. The number of anilines is 1. The van der Waals surface area contributed by atoms with Crippen LogP contribution in [0.15, 0.2) is 33.2 Å². The molecule has 0 radical (unpaired) electrons. The Labute approximate surface area is 264 Å². The second-order valence-corrected chi connectivity index (χ2v) is 11.7. The number of halogens is 16. The Morgan fingerprint density at radius 2 is 1.05 bits per heavy atom. The van der Waals surface area contributed by atoms with Crippen molar-refractivity contribution in [2.75, 3.05) is 5.73 Å². The summed E-state index contributed by atoms with van der Waals surface area (Å²) in [5, 5.41) is -10.4. The average Bonchev–Trinajstić information content (AvgIpc) is 2.82. The molecule has 2 unspecified atom stereocenters. The van der Waals surface area contributed by atoms with Crippen molar-refractivity contribution in [1.29, 1.82) is 0 Å². The van der Waals surface area contributed by atoms with Crippen LogP contribution in [0.1, 0.15) is 48.6 Å². The summed E-state index contributed by atoms with van der Waals surface area (Å²) in [6.45, 7) is 4.34. The number of hydrogen-bond acceptors (Lipinski definition) is 2. The molecule has 0 fully saturated rings. The highest BCUT2D eigenvalue weighted by molar-refractivity contribution is 9.11. The summed E-state index contributed by atoms with van der Waals surface area (Å²) >= 11 is 14.5. The van der Waals surface area contributed by atoms with Crippen molar-refractivity contribution in [2.45, 2.75) is 74.5 Å². The smallest absolute Gasteiger partial charge is 0.398 e. The molecule has 0 bridgehead atoms. The molecule has 0 saturated heterocycles. The van der Waals surface area contributed by atoms with Crippen molar-refractivity contribution in [1.82, 2.24) is 0 Å². The first-order valence-corrected chi connectivity index (χ1v) is 14.0. The molecule has 18 heteroatoms. The Balaban J connectivity index is 0.000000434. The number of alkyl halides is 14. The lowest BCUT2D eigenvalue weighted by Crippen LogP contribution is -2.49. The van der Waals surface area contributed by atoms with Gasteiger partial charge in [0.1, 0.15) is 5.78 Å². The summed E-state index contributed by atoms with van der Waals surface area (Å²) in [5.41, 5.74) is -6.51. The van der Waals surface area contributed by atoms with Crippen LogP contribution in [0, 0.1) is 0 Å². The van der Waals surface area contributed by atoms with Gasteiger partial charge in [0.15, 0.2) is 0 Å². The van der Waals surface area contributed by atoms with Crippen LogP contribution in [0.2, 0.25) is 0 Å². The molecule has 2 atom stereocenters. The highest BCUT2D eigenvalue weighted by Gasteiger charge is 2.73. The first-order chi connectivity index (χ1) is 19.1. The molecule has 0 saturated carbocycles. The van der Waals surface area contributed by atoms with Gasteiger partial charge < -0.3 is 5.73 Å². The van der Waals surface area contributed by atoms with Gasteiger partial charge >= 0.3 is 34.5 Å². The van der Waals surface area contributed by atoms with Gasteiger partial charge in [-0.3, -0.25) is 4.79 Å². The first-order valence-electron chi connectivity index (χ1n) is 11.7. The van der Waals surface area contributed by atoms with Gasteiger partial charge in [-0.1, -0.05) is 35.8 Å². The number of benzene rings is 2. The molecule has 2 nitrogen and oxygen atoms in total. The molecule has 0 spiro atoms. The summed E-state index contributed by atoms with van der Waals surface area (Å²) in [6, 6.07) is 2.45. The van der Waals surface area contributed by atoms with E-state index in [2.05, 4.69) is 55.1 Å². The summed E-state index contributed by atoms with van der Waals surface area (Å²) in [7, 11) is 0. The number of carbonyl (C=O) groups excluding carboxylic acids is 1. The van der Waals surface area contributed by atoms with Gasteiger partial charge in [0.25, 0.3) is 0 Å². The number of nitrogen functional groups attached to an aromatic ring is 1. The number of hydrogen-bond donors (Lipinski definition) is 1. The minimum absolute atomic E-state index is 0.0543. The molecule has 0 heterocycles. The van der Waals surface area contributed by atoms with Gasteiger partial charge in [-0.25, -0.2) is 8.78 Å². The SMILES string of the molecule is CCc1cc(C(F)(C(F)(F)F)C(F)(F)Cl)cc(Br)c1CC(C)=O.CCc1cc(C(F)(C(F)(F)F)C(F)(F)Cl)cc(Br)c1N. The summed E-state index contributed by atoms with van der Waals surface area (Å²) in [4.78, 5) is 11.2. The van der Waals surface area contributed by atoms with Gasteiger partial charge in [-0.05, 0) is 93.8 Å². The third-order valence-electron chi connectivity index (χ3n) is 6.05. The Hall–Kier alpha value is -1.39. The van der Waals surface area contributed by atoms with E-state index in [9.17, 15) is 57.5 Å². The van der Waals surface area contributed by atoms with E-state index in [1.165, 1.54) is 13.8 Å². The maximum atomic E-state index is 14.3. The minimum atomic E-state index is -5.93. The van der Waals surface area contributed by atoms with Crippen molar-refractivity contribution in [2.24, 2.45) is 0 Å². The van der Waals surface area contributed by atoms with E-state index in [0.29, 0.717) is 29.8 Å². The Morgan fingerprint density at radius 3 is 1.35 bits per heavy atom. The van der Waals surface area contributed by atoms with Crippen LogP contribution in [0.25, 0.3) is 0 Å². The number of nitrogens with two attached hydrogens (primary N) is 1. The zero-order chi connectivity index (χ0) is 34.1. The van der Waals surface area contributed by atoms with Crippen LogP contribution in [0.5, 0.6) is 0 Å². The zero-order valence-corrected chi connectivity index (χ0v) is 26.6. The van der Waals surface area contributed by atoms with Crippen LogP contribution in [-0.4, -0.2) is 28.9 Å². The maximum absolute atomic E-state index is 14.3. The van der Waals surface area contributed by atoms with Crippen molar-refractivity contribution in [3.8, 4) is 0 Å². The minimum Gasteiger partial charge on any atom is -0.398 e. The summed E-state index contributed by atoms with van der Waals surface area (Å²) in [6.07, 6.45) is -11.7. The Morgan fingerprint density at radius 1 is 0.698 bits per heavy atom. The lowest BCUT2D eigenvalue weighted by molar-refractivity contribution is -0.286. The standard InChI is InChI=1S/C14H12BrClF6O.C11H9BrClF6N/c1-3-8-5-9(6-11(15)10(8)4-7(2)23)12(17,13(16,18)19)14(20,21)22;1-2-5-3-6(4-7(12)8(5)20)9(14,10(13,15)16)11(17,18)19/h5-6H,3-4H2,1-2H3;3-4H,2,20H2,1H3. The van der Waals surface area contributed by atoms with Gasteiger partial charge in [0.2, 0.25) is 0 Å². The highest BCUT2D eigenvalue weighted by atomic mass is 79.9. The van der Waals surface area contributed by atoms with E-state index >= 15 is 0 Å². The number of rotatable bonds is 8. The topological polar surface area (TPSA) is 43.1 Å². The molecule has 2 aromatic carbocycles. The van der Waals surface area contributed by atoms with E-state index in [1.807, 2.05) is 0 Å². The first kappa shape index (κ1) is 39.6. The molecule has 0 aromatic heterocycles. The van der Waals surface area contributed by atoms with E-state index in [-0.39, 0.29) is 50.8 Å². The van der Waals surface area contributed by atoms with E-state index in [0.717, 1.165) is 0 Å². The Kier molecular flexibility index (Phi) is 12.5. The summed E-state index contributed by atoms with van der Waals surface area (Å²) < 4.78 is 158. The number of Topliss-reactive ketones (excluding diaryl/α,β-unsaturated/α-hetero) is 1. The molecular formula is C25H21Br2Cl2F12NO. The average molecular weight is 810 g/mol. The quantitative estimate of drug-likeness (QED) is 0.164. The van der Waals surface area contributed by atoms with Crippen LogP contribution >= 0.6 is 55.1 Å². The number of aryl methyl sites for hydroxylation is 2. The largest absolute Gasteiger partial charge is 0.434 e. The van der Waals surface area contributed by atoms with Crippen molar-refractivity contribution in [3.05, 3.63) is 61.0 Å². The van der Waals surface area contributed by atoms with Crippen LogP contribution in [0.3, 0.4) is 0 Å². The lowest BCUT2D eigenvalue weighted by atomic mass is 9.89. The molecule has 2 aromatic rings. The fourth-order valence-electron chi connectivity index (χ4n) is 3.80. The normalized spacial score (nSPS) is 15.7. The van der Waals surface area contributed by atoms with E-state index in [1.54, 1.807) is 6.92 Å². The van der Waals surface area contributed by atoms with Gasteiger partial charge in [0, 0.05) is 32.2 Å². The van der Waals surface area contributed by atoms with E-state index < -0.39 is 45.6 Å². The molecular weight excluding hydrogens is 789 g/mol. The fourth-order valence-corrected chi connectivity index (χ4v) is 5.37. The molecule has 43 heavy (non-hydrogen) atoms. The van der Waals surface area contributed by atoms with Crippen LogP contribution in [0.4, 0.5) is 58.4 Å². The Bertz CT molecular complexity index is 1290. The number of carbonyl (C=O) groups is 1. The molecule has 0 amide bonds. The molecule has 0 aliphatic carbocycles. The van der Waals surface area contributed by atoms with Crippen molar-refractivity contribution in [3.63, 3.8) is 0 Å².